The quantitative estimate of drug-likeness (QED) is 0.753. The third kappa shape index (κ3) is 3.22. The smallest absolute Gasteiger partial charge is 0.453 e. The molecule has 20 heavy (non-hydrogen) atoms. The lowest BCUT2D eigenvalue weighted by atomic mass is 10.1. The zero-order chi connectivity index (χ0) is 14.9. The number of benzene rings is 1. The number of hydrogen-bond donors (Lipinski definition) is 0. The van der Waals surface area contributed by atoms with Crippen LogP contribution in [0.25, 0.3) is 11.3 Å². The van der Waals surface area contributed by atoms with Crippen molar-refractivity contribution in [2.45, 2.75) is 13.3 Å². The van der Waals surface area contributed by atoms with E-state index in [1.54, 1.807) is 13.0 Å². The van der Waals surface area contributed by atoms with Crippen LogP contribution in [0.4, 0.5) is 13.2 Å². The van der Waals surface area contributed by atoms with E-state index in [1.807, 2.05) is 0 Å². The van der Waals surface area contributed by atoms with E-state index >= 15 is 0 Å². The molecule has 0 aliphatic rings. The van der Waals surface area contributed by atoms with Crippen LogP contribution in [-0.2, 0) is 0 Å². The molecule has 0 spiro atoms. The van der Waals surface area contributed by atoms with E-state index in [9.17, 15) is 18.0 Å². The zero-order valence-electron chi connectivity index (χ0n) is 10.1. The molecule has 0 N–H and O–H groups in total. The summed E-state index contributed by atoms with van der Waals surface area (Å²) >= 11 is 3.18. The van der Waals surface area contributed by atoms with Gasteiger partial charge in [0.1, 0.15) is 11.5 Å². The molecule has 7 heteroatoms. The van der Waals surface area contributed by atoms with Gasteiger partial charge in [-0.3, -0.25) is 4.79 Å². The summed E-state index contributed by atoms with van der Waals surface area (Å²) in [6.07, 6.45) is -4.20. The number of aryl methyl sites for hydroxylation is 1. The lowest BCUT2D eigenvalue weighted by molar-refractivity contribution is -0.274. The first-order valence-electron chi connectivity index (χ1n) is 5.41. The van der Waals surface area contributed by atoms with Crippen molar-refractivity contribution in [3.63, 3.8) is 0 Å². The van der Waals surface area contributed by atoms with Gasteiger partial charge in [0.05, 0.1) is 0 Å². The van der Waals surface area contributed by atoms with E-state index in [1.165, 1.54) is 18.2 Å². The van der Waals surface area contributed by atoms with Crippen LogP contribution >= 0.6 is 15.9 Å². The molecule has 0 bridgehead atoms. The number of alkyl halides is 3. The minimum Gasteiger partial charge on any atom is -0.453 e. The molecule has 3 nitrogen and oxygen atoms in total. The van der Waals surface area contributed by atoms with Crippen LogP contribution in [0.3, 0.4) is 0 Å². The first kappa shape index (κ1) is 14.6. The van der Waals surface area contributed by atoms with Gasteiger partial charge in [-0.05, 0) is 52.7 Å². The molecule has 0 fully saturated rings. The van der Waals surface area contributed by atoms with Gasteiger partial charge in [0.25, 0.3) is 0 Å². The van der Waals surface area contributed by atoms with Crippen molar-refractivity contribution >= 4 is 22.2 Å². The van der Waals surface area contributed by atoms with Gasteiger partial charge in [0.2, 0.25) is 0 Å². The summed E-state index contributed by atoms with van der Waals surface area (Å²) in [6, 6.07) is 5.49. The zero-order valence-corrected chi connectivity index (χ0v) is 11.7. The van der Waals surface area contributed by atoms with E-state index in [4.69, 9.17) is 4.42 Å². The summed E-state index contributed by atoms with van der Waals surface area (Å²) in [5.74, 6) is 0.199. The Bertz CT molecular complexity index is 624. The molecule has 0 saturated carbocycles. The lowest BCUT2D eigenvalue weighted by Gasteiger charge is -2.12. The van der Waals surface area contributed by atoms with Crippen molar-refractivity contribution < 1.29 is 27.1 Å². The van der Waals surface area contributed by atoms with Crippen molar-refractivity contribution in [1.29, 1.82) is 0 Å². The van der Waals surface area contributed by atoms with Crippen molar-refractivity contribution in [2.75, 3.05) is 0 Å². The number of carbonyl (C=O) groups is 1. The highest BCUT2D eigenvalue weighted by atomic mass is 79.9. The summed E-state index contributed by atoms with van der Waals surface area (Å²) in [7, 11) is 0. The normalized spacial score (nSPS) is 11.4. The van der Waals surface area contributed by atoms with Crippen LogP contribution in [0, 0.1) is 6.92 Å². The fourth-order valence-corrected chi connectivity index (χ4v) is 2.50. The van der Waals surface area contributed by atoms with Crippen LogP contribution in [-0.4, -0.2) is 12.6 Å². The fraction of sp³-hybridized carbons (Fsp3) is 0.154. The fourth-order valence-electron chi connectivity index (χ4n) is 1.77. The van der Waals surface area contributed by atoms with Gasteiger partial charge < -0.3 is 9.15 Å². The molecule has 0 aliphatic carbocycles. The summed E-state index contributed by atoms with van der Waals surface area (Å²) in [6.45, 7) is 1.62. The first-order valence-corrected chi connectivity index (χ1v) is 6.21. The van der Waals surface area contributed by atoms with Crippen molar-refractivity contribution in [3.8, 4) is 17.1 Å². The van der Waals surface area contributed by atoms with Crippen LogP contribution < -0.4 is 4.74 Å². The average molecular weight is 349 g/mol. The van der Waals surface area contributed by atoms with Gasteiger partial charge in [-0.15, -0.1) is 13.2 Å². The molecule has 2 rings (SSSR count). The molecular weight excluding hydrogens is 341 g/mol. The molecule has 2 aromatic rings. The van der Waals surface area contributed by atoms with Crippen molar-refractivity contribution in [3.05, 3.63) is 40.1 Å². The summed E-state index contributed by atoms with van der Waals surface area (Å²) in [5, 5.41) is 0. The van der Waals surface area contributed by atoms with Gasteiger partial charge >= 0.3 is 6.36 Å². The molecule has 1 heterocycles. The third-order valence-corrected chi connectivity index (χ3v) is 3.11. The number of aldehydes is 1. The van der Waals surface area contributed by atoms with Crippen molar-refractivity contribution in [1.82, 2.24) is 0 Å². The van der Waals surface area contributed by atoms with E-state index in [-0.39, 0.29) is 11.5 Å². The molecule has 106 valence electrons. The Morgan fingerprint density at radius 3 is 2.50 bits per heavy atom. The number of hydrogen-bond acceptors (Lipinski definition) is 3. The average Bonchev–Trinajstić information content (AvgIpc) is 2.74. The first-order chi connectivity index (χ1) is 9.30. The van der Waals surface area contributed by atoms with E-state index in [2.05, 4.69) is 20.7 Å². The monoisotopic (exact) mass is 348 g/mol. The van der Waals surface area contributed by atoms with Crippen LogP contribution in [0.2, 0.25) is 0 Å². The molecule has 0 amide bonds. The molecule has 0 atom stereocenters. The van der Waals surface area contributed by atoms with E-state index < -0.39 is 6.36 Å². The Labute approximate surface area is 120 Å². The minimum atomic E-state index is -4.75. The maximum atomic E-state index is 12.2. The number of halogens is 4. The molecule has 1 aromatic carbocycles. The Morgan fingerprint density at radius 2 is 2.00 bits per heavy atom. The molecule has 0 aliphatic heterocycles. The largest absolute Gasteiger partial charge is 0.573 e. The number of ether oxygens (including phenoxy) is 1. The second-order valence-electron chi connectivity index (χ2n) is 3.96. The van der Waals surface area contributed by atoms with Gasteiger partial charge in [-0.2, -0.15) is 0 Å². The maximum Gasteiger partial charge on any atom is 0.573 e. The van der Waals surface area contributed by atoms with Gasteiger partial charge in [0.15, 0.2) is 12.0 Å². The Morgan fingerprint density at radius 1 is 1.30 bits per heavy atom. The Hall–Kier alpha value is -1.76. The summed E-state index contributed by atoms with van der Waals surface area (Å²) < 4.78 is 46.0. The third-order valence-electron chi connectivity index (χ3n) is 2.48. The van der Waals surface area contributed by atoms with Gasteiger partial charge in [0, 0.05) is 10.0 Å². The number of carbonyl (C=O) groups excluding carboxylic acids is 1. The highest BCUT2D eigenvalue weighted by molar-refractivity contribution is 9.10. The lowest BCUT2D eigenvalue weighted by Crippen LogP contribution is -2.17. The predicted octanol–water partition coefficient (Wildman–Crippen LogP) is 4.73. The summed E-state index contributed by atoms with van der Waals surface area (Å²) in [5.41, 5.74) is 1.08. The number of rotatable bonds is 3. The highest BCUT2D eigenvalue weighted by Crippen LogP contribution is 2.37. The Kier molecular flexibility index (Phi) is 3.89. The minimum absolute atomic E-state index is 0.141. The second kappa shape index (κ2) is 5.32. The van der Waals surface area contributed by atoms with E-state index in [0.717, 1.165) is 0 Å². The maximum absolute atomic E-state index is 12.2. The Balaban J connectivity index is 2.43. The molecule has 0 radical (unpaired) electrons. The molecule has 0 saturated heterocycles. The highest BCUT2D eigenvalue weighted by Gasteiger charge is 2.31. The summed E-state index contributed by atoms with van der Waals surface area (Å²) in [4.78, 5) is 10.6. The number of furan rings is 1. The van der Waals surface area contributed by atoms with Crippen molar-refractivity contribution in [2.24, 2.45) is 0 Å². The standard InChI is InChI=1S/C13H8BrF3O3/c1-7-4-9(20-13(15,16)17)5-10(14)12(7)11-3-2-8(6-18)19-11/h2-6H,1H3. The molecule has 0 unspecified atom stereocenters. The topological polar surface area (TPSA) is 39.4 Å². The van der Waals surface area contributed by atoms with Crippen LogP contribution in [0.1, 0.15) is 16.1 Å². The van der Waals surface area contributed by atoms with Crippen LogP contribution in [0.15, 0.2) is 33.2 Å². The molecular formula is C13H8BrF3O3. The van der Waals surface area contributed by atoms with Crippen LogP contribution in [0.5, 0.6) is 5.75 Å². The van der Waals surface area contributed by atoms with Gasteiger partial charge in [-0.1, -0.05) is 0 Å². The second-order valence-corrected chi connectivity index (χ2v) is 4.82. The van der Waals surface area contributed by atoms with E-state index in [0.29, 0.717) is 27.6 Å². The molecule has 1 aromatic heterocycles. The predicted molar refractivity (Wildman–Crippen MR) is 68.7 cm³/mol. The SMILES string of the molecule is Cc1cc(OC(F)(F)F)cc(Br)c1-c1ccc(C=O)o1. The van der Waals surface area contributed by atoms with Gasteiger partial charge in [-0.25, -0.2) is 0 Å².